The van der Waals surface area contributed by atoms with E-state index in [1.807, 2.05) is 0 Å². The maximum atomic E-state index is 10.5. The summed E-state index contributed by atoms with van der Waals surface area (Å²) in [4.78, 5) is 10.5. The Bertz CT molecular complexity index is 333. The number of carbonyl (C=O) groups is 1. The fourth-order valence-electron chi connectivity index (χ4n) is 1.27. The molecule has 0 amide bonds. The van der Waals surface area contributed by atoms with E-state index in [4.69, 9.17) is 5.11 Å². The molecule has 1 aromatic carbocycles. The summed E-state index contributed by atoms with van der Waals surface area (Å²) in [6.07, 6.45) is -2.37. The molecular formula is C10H12O4. The van der Waals surface area contributed by atoms with Crippen LogP contribution in [-0.2, 0) is 4.79 Å². The van der Waals surface area contributed by atoms with Crippen molar-refractivity contribution in [3.63, 3.8) is 0 Å². The summed E-state index contributed by atoms with van der Waals surface area (Å²) in [5.41, 5.74) is 0.664. The van der Waals surface area contributed by atoms with E-state index in [-0.39, 0.29) is 5.56 Å². The van der Waals surface area contributed by atoms with Gasteiger partial charge in [-0.1, -0.05) is 24.3 Å². The van der Waals surface area contributed by atoms with E-state index in [0.29, 0.717) is 5.56 Å². The van der Waals surface area contributed by atoms with Gasteiger partial charge in [0.05, 0.1) is 6.10 Å². The first-order valence-electron chi connectivity index (χ1n) is 4.21. The van der Waals surface area contributed by atoms with E-state index < -0.39 is 18.2 Å². The van der Waals surface area contributed by atoms with Crippen LogP contribution in [0, 0.1) is 0 Å². The van der Waals surface area contributed by atoms with E-state index in [0.717, 1.165) is 0 Å². The average molecular weight is 196 g/mol. The fourth-order valence-corrected chi connectivity index (χ4v) is 1.27. The summed E-state index contributed by atoms with van der Waals surface area (Å²) < 4.78 is 0. The van der Waals surface area contributed by atoms with Crippen molar-refractivity contribution in [1.29, 1.82) is 0 Å². The first-order chi connectivity index (χ1) is 6.54. The van der Waals surface area contributed by atoms with Crippen molar-refractivity contribution in [2.45, 2.75) is 19.1 Å². The van der Waals surface area contributed by atoms with Crippen LogP contribution < -0.4 is 0 Å². The zero-order chi connectivity index (χ0) is 10.7. The smallest absolute Gasteiger partial charge is 0.337 e. The standard InChI is InChI=1S/C10H12O4/c1-6(11)7-4-2-3-5-8(7)9(12)10(13)14/h2-6,9,11-12H,1H3,(H,13,14)/t6-,9?/m0/s1. The van der Waals surface area contributed by atoms with Crippen molar-refractivity contribution < 1.29 is 20.1 Å². The molecule has 0 bridgehead atoms. The van der Waals surface area contributed by atoms with Crippen molar-refractivity contribution in [1.82, 2.24) is 0 Å². The van der Waals surface area contributed by atoms with E-state index in [1.54, 1.807) is 18.2 Å². The number of benzene rings is 1. The number of rotatable bonds is 3. The highest BCUT2D eigenvalue weighted by atomic mass is 16.4. The molecule has 4 heteroatoms. The molecule has 0 fully saturated rings. The minimum atomic E-state index is -1.58. The highest BCUT2D eigenvalue weighted by Crippen LogP contribution is 2.23. The van der Waals surface area contributed by atoms with E-state index in [2.05, 4.69) is 0 Å². The molecule has 1 unspecified atom stereocenters. The Morgan fingerprint density at radius 3 is 2.14 bits per heavy atom. The summed E-state index contributed by atoms with van der Waals surface area (Å²) in [7, 11) is 0. The van der Waals surface area contributed by atoms with Crippen LogP contribution in [0.4, 0.5) is 0 Å². The molecule has 0 radical (unpaired) electrons. The van der Waals surface area contributed by atoms with E-state index in [1.165, 1.54) is 13.0 Å². The molecule has 0 saturated heterocycles. The summed E-state index contributed by atoms with van der Waals surface area (Å²) >= 11 is 0. The lowest BCUT2D eigenvalue weighted by atomic mass is 9.99. The van der Waals surface area contributed by atoms with Gasteiger partial charge in [-0.25, -0.2) is 4.79 Å². The lowest BCUT2D eigenvalue weighted by Crippen LogP contribution is -2.13. The maximum absolute atomic E-state index is 10.5. The van der Waals surface area contributed by atoms with Crippen LogP contribution in [0.3, 0.4) is 0 Å². The SMILES string of the molecule is C[C@H](O)c1ccccc1C(O)C(=O)O. The normalized spacial score (nSPS) is 14.8. The summed E-state index contributed by atoms with van der Waals surface area (Å²) in [5.74, 6) is -1.32. The zero-order valence-corrected chi connectivity index (χ0v) is 7.71. The Labute approximate surface area is 81.4 Å². The Hall–Kier alpha value is -1.39. The van der Waals surface area contributed by atoms with Gasteiger partial charge in [-0.2, -0.15) is 0 Å². The molecule has 4 nitrogen and oxygen atoms in total. The number of hydrogen-bond donors (Lipinski definition) is 3. The van der Waals surface area contributed by atoms with Gasteiger partial charge in [0.1, 0.15) is 0 Å². The van der Waals surface area contributed by atoms with Gasteiger partial charge in [-0.3, -0.25) is 0 Å². The average Bonchev–Trinajstić information content (AvgIpc) is 2.16. The molecule has 0 aliphatic carbocycles. The Morgan fingerprint density at radius 2 is 1.71 bits per heavy atom. The minimum absolute atomic E-state index is 0.231. The van der Waals surface area contributed by atoms with Crippen molar-refractivity contribution in [3.8, 4) is 0 Å². The highest BCUT2D eigenvalue weighted by Gasteiger charge is 2.20. The molecule has 1 rings (SSSR count). The van der Waals surface area contributed by atoms with Crippen LogP contribution in [-0.4, -0.2) is 21.3 Å². The van der Waals surface area contributed by atoms with Crippen LogP contribution in [0.1, 0.15) is 30.3 Å². The van der Waals surface area contributed by atoms with Crippen LogP contribution in [0.15, 0.2) is 24.3 Å². The molecule has 0 aliphatic rings. The van der Waals surface area contributed by atoms with Gasteiger partial charge in [-0.15, -0.1) is 0 Å². The Balaban J connectivity index is 3.13. The molecule has 0 aliphatic heterocycles. The van der Waals surface area contributed by atoms with Gasteiger partial charge >= 0.3 is 5.97 Å². The predicted octanol–water partition coefficient (Wildman–Crippen LogP) is 0.858. The van der Waals surface area contributed by atoms with Gasteiger partial charge in [0.15, 0.2) is 6.10 Å². The number of hydrogen-bond acceptors (Lipinski definition) is 3. The Kier molecular flexibility index (Phi) is 3.22. The van der Waals surface area contributed by atoms with Crippen LogP contribution >= 0.6 is 0 Å². The topological polar surface area (TPSA) is 77.8 Å². The molecule has 2 atom stereocenters. The van der Waals surface area contributed by atoms with Crippen LogP contribution in [0.5, 0.6) is 0 Å². The summed E-state index contributed by atoms with van der Waals surface area (Å²) in [6.45, 7) is 1.52. The quantitative estimate of drug-likeness (QED) is 0.670. The molecule has 0 spiro atoms. The van der Waals surface area contributed by atoms with Crippen LogP contribution in [0.2, 0.25) is 0 Å². The van der Waals surface area contributed by atoms with Crippen molar-refractivity contribution >= 4 is 5.97 Å². The van der Waals surface area contributed by atoms with Gasteiger partial charge in [0.25, 0.3) is 0 Å². The number of aliphatic hydroxyl groups excluding tert-OH is 2. The first kappa shape index (κ1) is 10.7. The lowest BCUT2D eigenvalue weighted by molar-refractivity contribution is -0.147. The maximum Gasteiger partial charge on any atom is 0.337 e. The van der Waals surface area contributed by atoms with Crippen molar-refractivity contribution in [2.24, 2.45) is 0 Å². The van der Waals surface area contributed by atoms with Gasteiger partial charge in [-0.05, 0) is 18.1 Å². The summed E-state index contributed by atoms with van der Waals surface area (Å²) in [6, 6.07) is 6.38. The molecule has 0 saturated carbocycles. The molecule has 3 N–H and O–H groups in total. The van der Waals surface area contributed by atoms with Gasteiger partial charge < -0.3 is 15.3 Å². The molecule has 0 aromatic heterocycles. The molecule has 14 heavy (non-hydrogen) atoms. The van der Waals surface area contributed by atoms with Crippen molar-refractivity contribution in [3.05, 3.63) is 35.4 Å². The largest absolute Gasteiger partial charge is 0.479 e. The molecule has 0 heterocycles. The first-order valence-corrected chi connectivity index (χ1v) is 4.21. The second-order valence-corrected chi connectivity index (χ2v) is 3.05. The molecule has 1 aromatic rings. The summed E-state index contributed by atoms with van der Waals surface area (Å²) in [5, 5.41) is 27.3. The third kappa shape index (κ3) is 2.10. The van der Waals surface area contributed by atoms with E-state index >= 15 is 0 Å². The van der Waals surface area contributed by atoms with Gasteiger partial charge in [0, 0.05) is 0 Å². The number of carboxylic acid groups (broad SMARTS) is 1. The monoisotopic (exact) mass is 196 g/mol. The minimum Gasteiger partial charge on any atom is -0.479 e. The fraction of sp³-hybridized carbons (Fsp3) is 0.300. The van der Waals surface area contributed by atoms with Crippen LogP contribution in [0.25, 0.3) is 0 Å². The second kappa shape index (κ2) is 4.21. The predicted molar refractivity (Wildman–Crippen MR) is 49.7 cm³/mol. The Morgan fingerprint density at radius 1 is 1.21 bits per heavy atom. The van der Waals surface area contributed by atoms with E-state index in [9.17, 15) is 15.0 Å². The number of carboxylic acids is 1. The lowest BCUT2D eigenvalue weighted by Gasteiger charge is -2.13. The zero-order valence-electron chi connectivity index (χ0n) is 7.71. The molecular weight excluding hydrogens is 184 g/mol. The molecule has 76 valence electrons. The second-order valence-electron chi connectivity index (χ2n) is 3.05. The number of aliphatic carboxylic acids is 1. The third-order valence-electron chi connectivity index (χ3n) is 1.97. The number of aliphatic hydroxyl groups is 2. The van der Waals surface area contributed by atoms with Gasteiger partial charge in [0.2, 0.25) is 0 Å². The highest BCUT2D eigenvalue weighted by molar-refractivity contribution is 5.74. The van der Waals surface area contributed by atoms with Crippen molar-refractivity contribution in [2.75, 3.05) is 0 Å². The third-order valence-corrected chi connectivity index (χ3v) is 1.97.